The van der Waals surface area contributed by atoms with Crippen LogP contribution in [0.4, 0.5) is 5.69 Å². The van der Waals surface area contributed by atoms with Crippen molar-refractivity contribution in [3.63, 3.8) is 0 Å². The summed E-state index contributed by atoms with van der Waals surface area (Å²) in [4.78, 5) is 31.1. The summed E-state index contributed by atoms with van der Waals surface area (Å²) in [5.74, 6) is -0.172. The molecular weight excluding hydrogens is 442 g/mol. The van der Waals surface area contributed by atoms with Gasteiger partial charge in [-0.25, -0.2) is 9.78 Å². The van der Waals surface area contributed by atoms with Crippen molar-refractivity contribution in [2.45, 2.75) is 0 Å². The maximum absolute atomic E-state index is 12.8. The number of ether oxygens (including phenoxy) is 2. The van der Waals surface area contributed by atoms with Crippen LogP contribution in [0.5, 0.6) is 5.75 Å². The Hall–Kier alpha value is -3.69. The fourth-order valence-electron chi connectivity index (χ4n) is 3.54. The van der Waals surface area contributed by atoms with Gasteiger partial charge in [0.05, 0.1) is 38.6 Å². The van der Waals surface area contributed by atoms with E-state index < -0.39 is 5.97 Å². The summed E-state index contributed by atoms with van der Waals surface area (Å²) < 4.78 is 10.1. The first-order valence-corrected chi connectivity index (χ1v) is 11.1. The Morgan fingerprint density at radius 1 is 1.18 bits per heavy atom. The average Bonchev–Trinajstić information content (AvgIpc) is 3.46. The number of aliphatic hydroxyl groups excluding tert-OH is 1. The molecule has 0 saturated carbocycles. The molecule has 0 aliphatic carbocycles. The first kappa shape index (κ1) is 22.5. The molecule has 2 heterocycles. The summed E-state index contributed by atoms with van der Waals surface area (Å²) in [7, 11) is 2.90. The molecule has 1 aromatic heterocycles. The van der Waals surface area contributed by atoms with Crippen LogP contribution in [0.25, 0.3) is 21.8 Å². The van der Waals surface area contributed by atoms with Crippen LogP contribution >= 0.6 is 11.3 Å². The molecular formula is C24H23N3O5S. The lowest BCUT2D eigenvalue weighted by molar-refractivity contribution is -0.136. The molecule has 0 unspecified atom stereocenters. The second-order valence-corrected chi connectivity index (χ2v) is 8.13. The molecule has 0 saturated heterocycles. The number of rotatable bonds is 8. The van der Waals surface area contributed by atoms with Crippen molar-refractivity contribution >= 4 is 28.9 Å². The molecule has 9 heteroatoms. The molecule has 33 heavy (non-hydrogen) atoms. The van der Waals surface area contributed by atoms with E-state index in [2.05, 4.69) is 5.32 Å². The molecule has 8 nitrogen and oxygen atoms in total. The van der Waals surface area contributed by atoms with Gasteiger partial charge in [-0.15, -0.1) is 11.3 Å². The number of carbonyl (C=O) groups is 2. The number of nitrogens with zero attached hydrogens (tertiary/aromatic N) is 2. The van der Waals surface area contributed by atoms with Crippen LogP contribution in [0.3, 0.4) is 0 Å². The van der Waals surface area contributed by atoms with Crippen LogP contribution < -0.4 is 10.1 Å². The highest BCUT2D eigenvalue weighted by atomic mass is 32.1. The fourth-order valence-corrected chi connectivity index (χ4v) is 4.37. The van der Waals surface area contributed by atoms with Gasteiger partial charge in [0, 0.05) is 28.7 Å². The normalized spacial score (nSPS) is 13.4. The number of benzene rings is 2. The largest absolute Gasteiger partial charge is 0.497 e. The van der Waals surface area contributed by atoms with Gasteiger partial charge in [-0.05, 0) is 24.3 Å². The Labute approximate surface area is 195 Å². The lowest BCUT2D eigenvalue weighted by atomic mass is 10.1. The molecule has 0 fully saturated rings. The zero-order valence-electron chi connectivity index (χ0n) is 18.2. The summed E-state index contributed by atoms with van der Waals surface area (Å²) in [6.07, 6.45) is 0. The minimum absolute atomic E-state index is 0.0878. The maximum atomic E-state index is 12.8. The van der Waals surface area contributed by atoms with Crippen LogP contribution in [0.2, 0.25) is 0 Å². The van der Waals surface area contributed by atoms with E-state index in [9.17, 15) is 14.7 Å². The number of aromatic nitrogens is 1. The Morgan fingerprint density at radius 2 is 1.97 bits per heavy atom. The third-order valence-corrected chi connectivity index (χ3v) is 6.09. The number of anilines is 1. The Morgan fingerprint density at radius 3 is 2.73 bits per heavy atom. The number of hydrogen-bond donors (Lipinski definition) is 2. The van der Waals surface area contributed by atoms with Gasteiger partial charge in [-0.3, -0.25) is 4.79 Å². The molecule has 3 aromatic rings. The molecule has 0 atom stereocenters. The molecule has 1 aliphatic heterocycles. The van der Waals surface area contributed by atoms with Crippen molar-refractivity contribution < 1.29 is 24.2 Å². The summed E-state index contributed by atoms with van der Waals surface area (Å²) >= 11 is 1.51. The first-order chi connectivity index (χ1) is 16.0. The summed E-state index contributed by atoms with van der Waals surface area (Å²) in [5.41, 5.74) is 3.70. The third kappa shape index (κ3) is 4.74. The fraction of sp³-hybridized carbons (Fsp3) is 0.208. The van der Waals surface area contributed by atoms with Crippen molar-refractivity contribution in [1.29, 1.82) is 0 Å². The van der Waals surface area contributed by atoms with E-state index in [1.165, 1.54) is 23.3 Å². The number of carbonyl (C=O) groups excluding carboxylic acids is 2. The quantitative estimate of drug-likeness (QED) is 0.493. The predicted molar refractivity (Wildman–Crippen MR) is 126 cm³/mol. The standard InChI is InChI=1S/C24H23N3O5S/c1-31-18-8-4-5-15(12-18)20-14-33-22(26-20)16-6-3-7-17(11-16)25-21-19(24(30)32-2)13-27(9-10-28)23(21)29/h3-8,11-12,14,25,28H,9-10,13H2,1-2H3. The van der Waals surface area contributed by atoms with Crippen LogP contribution in [0, 0.1) is 0 Å². The van der Waals surface area contributed by atoms with E-state index >= 15 is 0 Å². The topological polar surface area (TPSA) is 101 Å². The summed E-state index contributed by atoms with van der Waals surface area (Å²) in [6.45, 7) is 0.0316. The van der Waals surface area contributed by atoms with Gasteiger partial charge in [0.1, 0.15) is 16.5 Å². The SMILES string of the molecule is COC(=O)C1=C(Nc2cccc(-c3nc(-c4cccc(OC)c4)cs3)c2)C(=O)N(CCO)C1. The van der Waals surface area contributed by atoms with Crippen molar-refractivity contribution in [3.05, 3.63) is 65.2 Å². The second kappa shape index (κ2) is 9.85. The molecule has 170 valence electrons. The molecule has 1 aliphatic rings. The molecule has 0 radical (unpaired) electrons. The molecule has 1 amide bonds. The zero-order valence-corrected chi connectivity index (χ0v) is 19.0. The summed E-state index contributed by atoms with van der Waals surface area (Å²) in [5, 5.41) is 15.1. The van der Waals surface area contributed by atoms with E-state index in [0.717, 1.165) is 27.6 Å². The maximum Gasteiger partial charge on any atom is 0.337 e. The van der Waals surface area contributed by atoms with Gasteiger partial charge in [0.25, 0.3) is 5.91 Å². The lowest BCUT2D eigenvalue weighted by Gasteiger charge is -2.15. The van der Waals surface area contributed by atoms with E-state index in [-0.39, 0.29) is 36.9 Å². The lowest BCUT2D eigenvalue weighted by Crippen LogP contribution is -2.31. The van der Waals surface area contributed by atoms with Crippen molar-refractivity contribution in [1.82, 2.24) is 9.88 Å². The number of nitrogens with one attached hydrogen (secondary N) is 1. The van der Waals surface area contributed by atoms with E-state index in [4.69, 9.17) is 14.5 Å². The zero-order chi connectivity index (χ0) is 23.4. The number of methoxy groups -OCH3 is 2. The molecule has 0 spiro atoms. The van der Waals surface area contributed by atoms with Gasteiger partial charge in [0.15, 0.2) is 0 Å². The van der Waals surface area contributed by atoms with Crippen LogP contribution in [-0.4, -0.2) is 60.8 Å². The number of esters is 1. The van der Waals surface area contributed by atoms with E-state index in [1.54, 1.807) is 7.11 Å². The molecule has 0 bridgehead atoms. The van der Waals surface area contributed by atoms with E-state index in [1.807, 2.05) is 53.9 Å². The van der Waals surface area contributed by atoms with Crippen molar-refractivity contribution in [3.8, 4) is 27.6 Å². The van der Waals surface area contributed by atoms with Gasteiger partial charge in [0.2, 0.25) is 0 Å². The van der Waals surface area contributed by atoms with Gasteiger partial charge >= 0.3 is 5.97 Å². The van der Waals surface area contributed by atoms with Crippen LogP contribution in [-0.2, 0) is 14.3 Å². The molecule has 2 aromatic carbocycles. The monoisotopic (exact) mass is 465 g/mol. The average molecular weight is 466 g/mol. The number of β-amino-alcohol motifs (C(OH)–C–C–N with tert-alkyl or cyclic N) is 1. The minimum Gasteiger partial charge on any atom is -0.497 e. The van der Waals surface area contributed by atoms with Crippen molar-refractivity contribution in [2.24, 2.45) is 0 Å². The van der Waals surface area contributed by atoms with Gasteiger partial charge in [-0.1, -0.05) is 24.3 Å². The number of aliphatic hydroxyl groups is 1. The molecule has 2 N–H and O–H groups in total. The van der Waals surface area contributed by atoms with Gasteiger partial charge < -0.3 is 24.8 Å². The minimum atomic E-state index is -0.578. The Kier molecular flexibility index (Phi) is 6.71. The van der Waals surface area contributed by atoms with Gasteiger partial charge in [-0.2, -0.15) is 0 Å². The second-order valence-electron chi connectivity index (χ2n) is 7.27. The number of thiazole rings is 1. The summed E-state index contributed by atoms with van der Waals surface area (Å²) in [6, 6.07) is 15.2. The first-order valence-electron chi connectivity index (χ1n) is 10.2. The van der Waals surface area contributed by atoms with Crippen LogP contribution in [0.15, 0.2) is 65.2 Å². The third-order valence-electron chi connectivity index (χ3n) is 5.20. The highest BCUT2D eigenvalue weighted by Crippen LogP contribution is 2.32. The Balaban J connectivity index is 1.60. The predicted octanol–water partition coefficient (Wildman–Crippen LogP) is 3.16. The number of amides is 1. The van der Waals surface area contributed by atoms with E-state index in [0.29, 0.717) is 5.69 Å². The number of hydrogen-bond acceptors (Lipinski definition) is 8. The Bertz CT molecular complexity index is 1220. The smallest absolute Gasteiger partial charge is 0.337 e. The molecule has 4 rings (SSSR count). The highest BCUT2D eigenvalue weighted by Gasteiger charge is 2.34. The van der Waals surface area contributed by atoms with Crippen molar-refractivity contribution in [2.75, 3.05) is 39.2 Å². The van der Waals surface area contributed by atoms with Crippen LogP contribution in [0.1, 0.15) is 0 Å². The highest BCUT2D eigenvalue weighted by molar-refractivity contribution is 7.13.